The first-order valence-corrected chi connectivity index (χ1v) is 4.81. The van der Waals surface area contributed by atoms with Gasteiger partial charge in [0.15, 0.2) is 5.57 Å². The molecule has 84 valence electrons. The number of hydrogen-bond donors (Lipinski definition) is 2. The molecule has 0 unspecified atom stereocenters. The predicted molar refractivity (Wildman–Crippen MR) is 62.1 cm³/mol. The number of nitriles is 2. The molecule has 0 aliphatic carbocycles. The second-order valence-corrected chi connectivity index (χ2v) is 3.15. The minimum Gasteiger partial charge on any atom is -0.340 e. The number of anilines is 1. The fourth-order valence-electron chi connectivity index (χ4n) is 1.13. The van der Waals surface area contributed by atoms with E-state index in [0.29, 0.717) is 5.69 Å². The Hall–Kier alpha value is -2.79. The number of carbonyl (C=O) groups excluding carboxylic acids is 1. The van der Waals surface area contributed by atoms with E-state index in [2.05, 4.69) is 10.6 Å². The zero-order valence-electron chi connectivity index (χ0n) is 9.19. The van der Waals surface area contributed by atoms with E-state index in [1.165, 1.54) is 6.92 Å². The Kier molecular flexibility index (Phi) is 4.29. The zero-order chi connectivity index (χ0) is 12.7. The average Bonchev–Trinajstić information content (AvgIpc) is 2.31. The third-order valence-corrected chi connectivity index (χ3v) is 1.82. The molecule has 0 atom stereocenters. The number of amides is 1. The molecule has 0 aliphatic rings. The molecule has 0 aliphatic heterocycles. The van der Waals surface area contributed by atoms with Crippen molar-refractivity contribution in [2.24, 2.45) is 0 Å². The van der Waals surface area contributed by atoms with Gasteiger partial charge in [0.25, 0.3) is 0 Å². The summed E-state index contributed by atoms with van der Waals surface area (Å²) in [5, 5.41) is 22.8. The number of para-hydroxylation sites is 1. The molecule has 5 heteroatoms. The Morgan fingerprint density at radius 2 is 1.76 bits per heavy atom. The number of allylic oxidation sites excluding steroid dienone is 1. The Morgan fingerprint density at radius 3 is 2.24 bits per heavy atom. The molecular weight excluding hydrogens is 216 g/mol. The van der Waals surface area contributed by atoms with Gasteiger partial charge in [-0.3, -0.25) is 4.79 Å². The third-order valence-electron chi connectivity index (χ3n) is 1.82. The van der Waals surface area contributed by atoms with Gasteiger partial charge in [0.05, 0.1) is 0 Å². The molecule has 1 amide bonds. The van der Waals surface area contributed by atoms with Gasteiger partial charge in [-0.2, -0.15) is 10.5 Å². The van der Waals surface area contributed by atoms with Crippen LogP contribution in [-0.4, -0.2) is 5.91 Å². The van der Waals surface area contributed by atoms with Crippen LogP contribution in [0.5, 0.6) is 0 Å². The highest BCUT2D eigenvalue weighted by Crippen LogP contribution is 2.09. The van der Waals surface area contributed by atoms with E-state index in [4.69, 9.17) is 10.5 Å². The average molecular weight is 226 g/mol. The Balaban J connectivity index is 3.02. The fraction of sp³-hybridized carbons (Fsp3) is 0.0833. The van der Waals surface area contributed by atoms with E-state index < -0.39 is 0 Å². The van der Waals surface area contributed by atoms with Crippen LogP contribution in [0.4, 0.5) is 5.69 Å². The van der Waals surface area contributed by atoms with E-state index in [0.717, 1.165) is 0 Å². The smallest absolute Gasteiger partial charge is 0.222 e. The first-order valence-electron chi connectivity index (χ1n) is 4.81. The highest BCUT2D eigenvalue weighted by Gasteiger charge is 2.08. The summed E-state index contributed by atoms with van der Waals surface area (Å²) in [6, 6.07) is 12.4. The lowest BCUT2D eigenvalue weighted by Crippen LogP contribution is -2.25. The molecule has 1 rings (SSSR count). The number of rotatable bonds is 3. The summed E-state index contributed by atoms with van der Waals surface area (Å²) in [6.07, 6.45) is 0. The number of nitrogens with zero attached hydrogens (tertiary/aromatic N) is 2. The Labute approximate surface area is 99.0 Å². The van der Waals surface area contributed by atoms with Crippen LogP contribution in [0.2, 0.25) is 0 Å². The third kappa shape index (κ3) is 3.69. The minimum atomic E-state index is -0.355. The van der Waals surface area contributed by atoms with Gasteiger partial charge in [-0.05, 0) is 12.1 Å². The van der Waals surface area contributed by atoms with E-state index in [1.54, 1.807) is 36.4 Å². The van der Waals surface area contributed by atoms with Crippen molar-refractivity contribution >= 4 is 11.6 Å². The molecule has 0 saturated carbocycles. The lowest BCUT2D eigenvalue weighted by Gasteiger charge is -2.10. The first kappa shape index (κ1) is 12.3. The maximum absolute atomic E-state index is 11.0. The van der Waals surface area contributed by atoms with Crippen molar-refractivity contribution in [3.05, 3.63) is 41.7 Å². The molecule has 1 aromatic carbocycles. The van der Waals surface area contributed by atoms with Crippen molar-refractivity contribution in [3.63, 3.8) is 0 Å². The van der Waals surface area contributed by atoms with Crippen molar-refractivity contribution in [2.75, 3.05) is 5.32 Å². The van der Waals surface area contributed by atoms with Gasteiger partial charge >= 0.3 is 0 Å². The Morgan fingerprint density at radius 1 is 1.18 bits per heavy atom. The normalized spacial score (nSPS) is 8.41. The van der Waals surface area contributed by atoms with Crippen LogP contribution in [0.1, 0.15) is 6.92 Å². The molecule has 0 spiro atoms. The highest BCUT2D eigenvalue weighted by atomic mass is 16.1. The molecule has 0 aromatic heterocycles. The molecule has 0 bridgehead atoms. The van der Waals surface area contributed by atoms with Crippen molar-refractivity contribution < 1.29 is 4.79 Å². The maximum Gasteiger partial charge on any atom is 0.222 e. The van der Waals surface area contributed by atoms with Crippen molar-refractivity contribution in [2.45, 2.75) is 6.92 Å². The van der Waals surface area contributed by atoms with Crippen LogP contribution in [0.25, 0.3) is 0 Å². The number of carbonyl (C=O) groups is 1. The van der Waals surface area contributed by atoms with Gasteiger partial charge in [-0.15, -0.1) is 0 Å². The summed E-state index contributed by atoms with van der Waals surface area (Å²) in [6.45, 7) is 1.30. The SMILES string of the molecule is CC(=O)NC(Nc1ccccc1)=C(C#N)C#N. The first-order chi connectivity index (χ1) is 8.17. The second kappa shape index (κ2) is 5.94. The number of hydrogen-bond acceptors (Lipinski definition) is 4. The molecule has 2 N–H and O–H groups in total. The van der Waals surface area contributed by atoms with Gasteiger partial charge in [0, 0.05) is 12.6 Å². The summed E-state index contributed by atoms with van der Waals surface area (Å²) < 4.78 is 0. The molecule has 1 aromatic rings. The van der Waals surface area contributed by atoms with E-state index in [9.17, 15) is 4.79 Å². The summed E-state index contributed by atoms with van der Waals surface area (Å²) in [7, 11) is 0. The minimum absolute atomic E-state index is 0.0914. The molecular formula is C12H10N4O. The monoisotopic (exact) mass is 226 g/mol. The van der Waals surface area contributed by atoms with E-state index in [-0.39, 0.29) is 17.3 Å². The lowest BCUT2D eigenvalue weighted by molar-refractivity contribution is -0.118. The van der Waals surface area contributed by atoms with E-state index >= 15 is 0 Å². The van der Waals surface area contributed by atoms with Crippen LogP contribution in [-0.2, 0) is 4.79 Å². The van der Waals surface area contributed by atoms with Crippen LogP contribution in [0, 0.1) is 22.7 Å². The molecule has 0 radical (unpaired) electrons. The van der Waals surface area contributed by atoms with Crippen molar-refractivity contribution in [1.82, 2.24) is 5.32 Å². The summed E-state index contributed by atoms with van der Waals surface area (Å²) in [4.78, 5) is 11.0. The Bertz CT molecular complexity index is 504. The lowest BCUT2D eigenvalue weighted by atomic mass is 10.3. The van der Waals surface area contributed by atoms with Gasteiger partial charge in [-0.1, -0.05) is 18.2 Å². The van der Waals surface area contributed by atoms with Gasteiger partial charge in [0.1, 0.15) is 18.0 Å². The van der Waals surface area contributed by atoms with Crippen LogP contribution in [0.3, 0.4) is 0 Å². The fourth-order valence-corrected chi connectivity index (χ4v) is 1.13. The zero-order valence-corrected chi connectivity index (χ0v) is 9.19. The van der Waals surface area contributed by atoms with Crippen LogP contribution >= 0.6 is 0 Å². The van der Waals surface area contributed by atoms with Crippen LogP contribution in [0.15, 0.2) is 41.7 Å². The van der Waals surface area contributed by atoms with Gasteiger partial charge in [0.2, 0.25) is 5.91 Å². The predicted octanol–water partition coefficient (Wildman–Crippen LogP) is 1.49. The maximum atomic E-state index is 11.0. The standard InChI is InChI=1S/C12H10N4O/c1-9(17)15-12(10(7-13)8-14)16-11-5-3-2-4-6-11/h2-6,16H,1H3,(H,15,17). The summed E-state index contributed by atoms with van der Waals surface area (Å²) in [5.41, 5.74) is 0.503. The summed E-state index contributed by atoms with van der Waals surface area (Å²) in [5.74, 6) is -0.264. The number of benzene rings is 1. The topological polar surface area (TPSA) is 88.7 Å². The molecule has 0 saturated heterocycles. The highest BCUT2D eigenvalue weighted by molar-refractivity contribution is 5.76. The quantitative estimate of drug-likeness (QED) is 0.764. The molecule has 0 heterocycles. The van der Waals surface area contributed by atoms with Crippen molar-refractivity contribution in [3.8, 4) is 12.1 Å². The largest absolute Gasteiger partial charge is 0.340 e. The summed E-state index contributed by atoms with van der Waals surface area (Å²) >= 11 is 0. The van der Waals surface area contributed by atoms with Crippen molar-refractivity contribution in [1.29, 1.82) is 10.5 Å². The second-order valence-electron chi connectivity index (χ2n) is 3.15. The molecule has 17 heavy (non-hydrogen) atoms. The van der Waals surface area contributed by atoms with E-state index in [1.807, 2.05) is 6.07 Å². The van der Waals surface area contributed by atoms with Crippen LogP contribution < -0.4 is 10.6 Å². The van der Waals surface area contributed by atoms with Gasteiger partial charge < -0.3 is 10.6 Å². The van der Waals surface area contributed by atoms with Gasteiger partial charge in [-0.25, -0.2) is 0 Å². The molecule has 0 fully saturated rings. The number of nitrogens with one attached hydrogen (secondary N) is 2. The molecule has 5 nitrogen and oxygen atoms in total.